The fraction of sp³-hybridized carbons (Fsp3) is 0. The molecule has 0 fully saturated rings. The maximum atomic E-state index is 10.3. The molecule has 9 aromatic carbocycles. The molecule has 0 atom stereocenters. The molecule has 12 nitrogen and oxygen atoms in total. The number of benzene rings is 9. The Bertz CT molecular complexity index is 4900. The van der Waals surface area contributed by atoms with Gasteiger partial charge in [-0.15, -0.1) is 0 Å². The highest BCUT2D eigenvalue weighted by molar-refractivity contribution is 6.13. The molecule has 13 aromatic rings. The van der Waals surface area contributed by atoms with E-state index in [-0.39, 0.29) is 33.4 Å². The van der Waals surface area contributed by atoms with Gasteiger partial charge < -0.3 is 9.13 Å². The number of nitrogens with zero attached hydrogens (tertiary/aromatic N) is 12. The topological polar surface area (TPSA) is 204 Å². The number of nitriles is 6. The second-order valence-corrected chi connectivity index (χ2v) is 18.9. The molecule has 4 heterocycles. The van der Waals surface area contributed by atoms with Crippen LogP contribution >= 0.6 is 0 Å². The van der Waals surface area contributed by atoms with Crippen molar-refractivity contribution in [3.63, 3.8) is 0 Å². The molecular formula is C68H34N12. The molecule has 80 heavy (non-hydrogen) atoms. The smallest absolute Gasteiger partial charge is 0.164 e. The average molecular weight is 1020 g/mol. The fourth-order valence-corrected chi connectivity index (χ4v) is 11.0. The zero-order valence-corrected chi connectivity index (χ0v) is 42.0. The van der Waals surface area contributed by atoms with Gasteiger partial charge in [-0.25, -0.2) is 15.0 Å². The number of rotatable bonds is 8. The second kappa shape index (κ2) is 19.4. The number of para-hydroxylation sites is 2. The molecule has 0 N–H and O–H groups in total. The summed E-state index contributed by atoms with van der Waals surface area (Å²) in [5.41, 5.74) is 12.6. The minimum atomic E-state index is 0.226. The second-order valence-electron chi connectivity index (χ2n) is 18.9. The van der Waals surface area contributed by atoms with Crippen LogP contribution in [0.4, 0.5) is 0 Å². The first kappa shape index (κ1) is 47.4. The maximum Gasteiger partial charge on any atom is 0.164 e. The molecule has 0 amide bonds. The quantitative estimate of drug-likeness (QED) is 0.141. The zero-order chi connectivity index (χ0) is 54.4. The van der Waals surface area contributed by atoms with Crippen molar-refractivity contribution in [1.82, 2.24) is 29.1 Å². The molecule has 13 rings (SSSR count). The van der Waals surface area contributed by atoms with Crippen molar-refractivity contribution in [2.75, 3.05) is 0 Å². The fourth-order valence-electron chi connectivity index (χ4n) is 11.0. The van der Waals surface area contributed by atoms with Gasteiger partial charge in [0.2, 0.25) is 0 Å². The van der Waals surface area contributed by atoms with Crippen LogP contribution in [-0.4, -0.2) is 29.1 Å². The van der Waals surface area contributed by atoms with Crippen LogP contribution in [0, 0.1) is 68.0 Å². The average Bonchev–Trinajstić information content (AvgIpc) is 4.07. The Hall–Kier alpha value is -12.3. The maximum absolute atomic E-state index is 10.3. The van der Waals surface area contributed by atoms with E-state index in [0.29, 0.717) is 45.3 Å². The summed E-state index contributed by atoms with van der Waals surface area (Å²) in [6.45, 7) is 0. The normalized spacial score (nSPS) is 10.9. The van der Waals surface area contributed by atoms with Gasteiger partial charge in [0.1, 0.15) is 0 Å². The largest absolute Gasteiger partial charge is 0.309 e. The minimum Gasteiger partial charge on any atom is -0.309 e. The van der Waals surface area contributed by atoms with E-state index in [1.165, 1.54) is 24.3 Å². The van der Waals surface area contributed by atoms with Crippen molar-refractivity contribution >= 4 is 43.6 Å². The SMILES string of the molecule is N#Cc1cc(C#N)c(-c2ccc3c(c2)c2ccccc2n3-c2ccncc2-c2cc(-c3nc(-c4ccccc4)nc(-c4ccccc4)n3)ccc2-n2c3ccccc3c3cc(-c4c(C#N)cc(C#N)cc4C#N)ccc32)c(C#N)c1. The molecule has 0 aliphatic heterocycles. The summed E-state index contributed by atoms with van der Waals surface area (Å²) in [4.78, 5) is 20.1. The number of pyridine rings is 1. The summed E-state index contributed by atoms with van der Waals surface area (Å²) in [7, 11) is 0. The highest BCUT2D eigenvalue weighted by Crippen LogP contribution is 2.44. The van der Waals surface area contributed by atoms with E-state index in [1.54, 1.807) is 6.20 Å². The van der Waals surface area contributed by atoms with Gasteiger partial charge in [-0.3, -0.25) is 4.98 Å². The van der Waals surface area contributed by atoms with Gasteiger partial charge in [-0.2, -0.15) is 31.6 Å². The summed E-state index contributed by atoms with van der Waals surface area (Å²) in [5.74, 6) is 1.47. The van der Waals surface area contributed by atoms with E-state index < -0.39 is 0 Å². The summed E-state index contributed by atoms with van der Waals surface area (Å²) >= 11 is 0. The first-order chi connectivity index (χ1) is 39.4. The predicted molar refractivity (Wildman–Crippen MR) is 307 cm³/mol. The summed E-state index contributed by atoms with van der Waals surface area (Å²) in [6.07, 6.45) is 3.64. The van der Waals surface area contributed by atoms with Gasteiger partial charge >= 0.3 is 0 Å². The lowest BCUT2D eigenvalue weighted by Crippen LogP contribution is -2.04. The lowest BCUT2D eigenvalue weighted by atomic mass is 9.92. The Balaban J connectivity index is 1.09. The first-order valence-corrected chi connectivity index (χ1v) is 25.2. The third kappa shape index (κ3) is 7.80. The van der Waals surface area contributed by atoms with Crippen LogP contribution < -0.4 is 0 Å². The van der Waals surface area contributed by atoms with Crippen LogP contribution in [0.3, 0.4) is 0 Å². The Morgan fingerprint density at radius 1 is 0.312 bits per heavy atom. The summed E-state index contributed by atoms with van der Waals surface area (Å²) < 4.78 is 4.42. The van der Waals surface area contributed by atoms with Crippen molar-refractivity contribution in [2.24, 2.45) is 0 Å². The van der Waals surface area contributed by atoms with Gasteiger partial charge in [-0.05, 0) is 96.1 Å². The van der Waals surface area contributed by atoms with Crippen molar-refractivity contribution in [1.29, 1.82) is 31.6 Å². The van der Waals surface area contributed by atoms with E-state index in [2.05, 4.69) is 81.9 Å². The van der Waals surface area contributed by atoms with Crippen molar-refractivity contribution in [3.05, 3.63) is 240 Å². The van der Waals surface area contributed by atoms with Gasteiger partial charge in [0.05, 0.1) is 103 Å². The van der Waals surface area contributed by atoms with Gasteiger partial charge in [0.15, 0.2) is 17.5 Å². The molecule has 0 saturated heterocycles. The van der Waals surface area contributed by atoms with Gasteiger partial charge in [-0.1, -0.05) is 109 Å². The molecule has 0 aliphatic carbocycles. The third-order valence-corrected chi connectivity index (χ3v) is 14.5. The standard InChI is InChI=1S/C68H34N12/c69-34-41-27-48(36-71)64(49(28-41)37-72)45-19-22-60-54(31-45)52-15-7-9-17-58(52)79(60)62-24-21-47(68-77-66(43-11-3-1-4-12-43)76-67(78-68)44-13-5-2-6-14-44)33-56(62)57-40-75-26-25-63(57)80-59-18-10-8-16-53(59)55-32-46(20-23-61(55)80)65-50(38-73)29-42(35-70)30-51(65)39-74/h1-33,40H. The van der Waals surface area contributed by atoms with Crippen LogP contribution in [0.15, 0.2) is 207 Å². The van der Waals surface area contributed by atoms with Crippen LogP contribution in [0.25, 0.3) is 123 Å². The Kier molecular flexibility index (Phi) is 11.5. The van der Waals surface area contributed by atoms with Crippen molar-refractivity contribution in [2.45, 2.75) is 0 Å². The van der Waals surface area contributed by atoms with Gasteiger partial charge in [0, 0.05) is 72.9 Å². The Labute approximate surface area is 457 Å². The molecule has 0 aliphatic rings. The Morgan fingerprint density at radius 2 is 0.713 bits per heavy atom. The minimum absolute atomic E-state index is 0.226. The third-order valence-electron chi connectivity index (χ3n) is 14.5. The van der Waals surface area contributed by atoms with Gasteiger partial charge in [0.25, 0.3) is 0 Å². The summed E-state index contributed by atoms with van der Waals surface area (Å²) in [6, 6.07) is 75.0. The number of hydrogen-bond acceptors (Lipinski definition) is 10. The van der Waals surface area contributed by atoms with E-state index in [4.69, 9.17) is 19.9 Å². The predicted octanol–water partition coefficient (Wildman–Crippen LogP) is 14.7. The highest BCUT2D eigenvalue weighted by atomic mass is 15.0. The first-order valence-electron chi connectivity index (χ1n) is 25.2. The highest BCUT2D eigenvalue weighted by Gasteiger charge is 2.25. The number of fused-ring (bicyclic) bond motifs is 6. The van der Waals surface area contributed by atoms with Crippen LogP contribution in [-0.2, 0) is 0 Å². The Morgan fingerprint density at radius 3 is 1.16 bits per heavy atom. The van der Waals surface area contributed by atoms with E-state index >= 15 is 0 Å². The molecule has 0 unspecified atom stereocenters. The van der Waals surface area contributed by atoms with Crippen LogP contribution in [0.1, 0.15) is 33.4 Å². The van der Waals surface area contributed by atoms with Crippen molar-refractivity contribution in [3.8, 4) is 115 Å². The molecule has 0 saturated carbocycles. The lowest BCUT2D eigenvalue weighted by Gasteiger charge is -2.19. The lowest BCUT2D eigenvalue weighted by molar-refractivity contribution is 1.07. The molecular weight excluding hydrogens is 985 g/mol. The van der Waals surface area contributed by atoms with Crippen molar-refractivity contribution < 1.29 is 0 Å². The molecule has 4 aromatic heterocycles. The number of hydrogen-bond donors (Lipinski definition) is 0. The molecule has 366 valence electrons. The van der Waals surface area contributed by atoms with E-state index in [1.807, 2.05) is 140 Å². The van der Waals surface area contributed by atoms with E-state index in [9.17, 15) is 31.6 Å². The van der Waals surface area contributed by atoms with E-state index in [0.717, 1.165) is 77.2 Å². The van der Waals surface area contributed by atoms with Crippen LogP contribution in [0.2, 0.25) is 0 Å². The van der Waals surface area contributed by atoms with Crippen LogP contribution in [0.5, 0.6) is 0 Å². The number of aromatic nitrogens is 6. The molecule has 0 spiro atoms. The zero-order valence-electron chi connectivity index (χ0n) is 42.0. The summed E-state index contributed by atoms with van der Waals surface area (Å²) in [5, 5.41) is 64.4. The molecule has 12 heteroatoms. The molecule has 0 radical (unpaired) electrons. The monoisotopic (exact) mass is 1020 g/mol. The molecule has 0 bridgehead atoms.